The standard InChI is InChI=1S/C33H34ClN7OS/c1-40-12-10-22(11-13-40)14-21-6-8-25(9-7-21)38-33-37-18-24-15-27(32(42)41(31(24)39-33)26-4-2-3-5-26)30-28(34)16-23(17-36-30)29-19-35-20-43-29/h6-9,15-20,22,26H,2-5,10-14H2,1H3,(H,37,38,39). The maximum Gasteiger partial charge on any atom is 0.261 e. The zero-order valence-corrected chi connectivity index (χ0v) is 25.7. The fraction of sp³-hybridized carbons (Fsp3) is 0.364. The maximum atomic E-state index is 14.1. The van der Waals surface area contributed by atoms with Crippen LogP contribution in [0.1, 0.15) is 50.1 Å². The summed E-state index contributed by atoms with van der Waals surface area (Å²) in [6, 6.07) is 12.3. The summed E-state index contributed by atoms with van der Waals surface area (Å²) in [6.45, 7) is 2.36. The summed E-state index contributed by atoms with van der Waals surface area (Å²) in [5, 5.41) is 4.57. The molecule has 220 valence electrons. The fourth-order valence-electron chi connectivity index (χ4n) is 6.43. The van der Waals surface area contributed by atoms with E-state index in [0.29, 0.717) is 27.9 Å². The lowest BCUT2D eigenvalue weighted by Crippen LogP contribution is -2.30. The Morgan fingerprint density at radius 3 is 2.51 bits per heavy atom. The van der Waals surface area contributed by atoms with Crippen molar-refractivity contribution in [2.45, 2.75) is 51.0 Å². The lowest BCUT2D eigenvalue weighted by Gasteiger charge is -2.28. The molecule has 0 atom stereocenters. The SMILES string of the molecule is CN1CCC(Cc2ccc(Nc3ncc4cc(-c5ncc(-c6cncs6)cc5Cl)c(=O)n(C5CCCC5)c4n3)cc2)CC1. The predicted octanol–water partition coefficient (Wildman–Crippen LogP) is 7.37. The zero-order valence-electron chi connectivity index (χ0n) is 24.2. The van der Waals surface area contributed by atoms with Crippen LogP contribution < -0.4 is 10.9 Å². The van der Waals surface area contributed by atoms with Crippen LogP contribution in [-0.4, -0.2) is 49.5 Å². The molecule has 0 unspecified atom stereocenters. The number of piperidine rings is 1. The summed E-state index contributed by atoms with van der Waals surface area (Å²) in [6.07, 6.45) is 13.0. The second-order valence-electron chi connectivity index (χ2n) is 11.8. The molecule has 5 heterocycles. The van der Waals surface area contributed by atoms with Crippen LogP contribution in [0, 0.1) is 5.92 Å². The molecule has 2 fully saturated rings. The lowest BCUT2D eigenvalue weighted by molar-refractivity contribution is 0.219. The monoisotopic (exact) mass is 611 g/mol. The number of thiazole rings is 1. The number of hydrogen-bond donors (Lipinski definition) is 1. The number of nitrogens with zero attached hydrogens (tertiary/aromatic N) is 6. The number of fused-ring (bicyclic) bond motifs is 1. The van der Waals surface area contributed by atoms with Crippen LogP contribution in [0.4, 0.5) is 11.6 Å². The van der Waals surface area contributed by atoms with Crippen LogP contribution in [0.15, 0.2) is 65.3 Å². The van der Waals surface area contributed by atoms with Crippen molar-refractivity contribution >= 4 is 45.6 Å². The first-order chi connectivity index (χ1) is 21.0. The van der Waals surface area contributed by atoms with Gasteiger partial charge in [0, 0.05) is 41.3 Å². The molecule has 0 radical (unpaired) electrons. The Labute approximate surface area is 259 Å². The van der Waals surface area contributed by atoms with Crippen molar-refractivity contribution in [2.24, 2.45) is 5.92 Å². The van der Waals surface area contributed by atoms with Gasteiger partial charge in [0.25, 0.3) is 5.56 Å². The van der Waals surface area contributed by atoms with Crippen molar-refractivity contribution in [1.29, 1.82) is 0 Å². The highest BCUT2D eigenvalue weighted by atomic mass is 35.5. The van der Waals surface area contributed by atoms with Gasteiger partial charge >= 0.3 is 0 Å². The van der Waals surface area contributed by atoms with Crippen molar-refractivity contribution in [3.63, 3.8) is 0 Å². The third kappa shape index (κ3) is 5.94. The van der Waals surface area contributed by atoms with Gasteiger partial charge in [0.2, 0.25) is 5.95 Å². The van der Waals surface area contributed by atoms with E-state index >= 15 is 0 Å². The molecule has 0 bridgehead atoms. The van der Waals surface area contributed by atoms with Crippen LogP contribution in [0.2, 0.25) is 5.02 Å². The molecule has 1 saturated heterocycles. The van der Waals surface area contributed by atoms with Gasteiger partial charge in [0.05, 0.1) is 26.7 Å². The molecule has 7 rings (SSSR count). The number of anilines is 2. The minimum absolute atomic E-state index is 0.0757. The summed E-state index contributed by atoms with van der Waals surface area (Å²) in [5.41, 5.74) is 6.37. The van der Waals surface area contributed by atoms with Crippen LogP contribution in [0.25, 0.3) is 32.7 Å². The van der Waals surface area contributed by atoms with Crippen LogP contribution >= 0.6 is 22.9 Å². The molecule has 5 aromatic rings. The molecule has 4 aromatic heterocycles. The van der Waals surface area contributed by atoms with E-state index in [4.69, 9.17) is 16.6 Å². The topological polar surface area (TPSA) is 88.8 Å². The zero-order chi connectivity index (χ0) is 29.3. The minimum atomic E-state index is -0.123. The number of likely N-dealkylation sites (tertiary alicyclic amines) is 1. The van der Waals surface area contributed by atoms with Gasteiger partial charge in [0.15, 0.2) is 0 Å². The van der Waals surface area contributed by atoms with Gasteiger partial charge in [-0.1, -0.05) is 36.6 Å². The van der Waals surface area contributed by atoms with E-state index in [1.165, 1.54) is 42.8 Å². The fourth-order valence-corrected chi connectivity index (χ4v) is 7.31. The van der Waals surface area contributed by atoms with E-state index in [-0.39, 0.29) is 11.6 Å². The first-order valence-corrected chi connectivity index (χ1v) is 16.3. The summed E-state index contributed by atoms with van der Waals surface area (Å²) >= 11 is 8.25. The number of aromatic nitrogens is 5. The van der Waals surface area contributed by atoms with Crippen molar-refractivity contribution < 1.29 is 0 Å². The first kappa shape index (κ1) is 28.1. The highest BCUT2D eigenvalue weighted by Gasteiger charge is 2.25. The Bertz CT molecular complexity index is 1790. The molecule has 1 saturated carbocycles. The molecular weight excluding hydrogens is 578 g/mol. The first-order valence-electron chi connectivity index (χ1n) is 15.0. The van der Waals surface area contributed by atoms with Crippen LogP contribution in [0.5, 0.6) is 0 Å². The molecule has 0 amide bonds. The molecule has 2 aliphatic rings. The quantitative estimate of drug-likeness (QED) is 0.205. The Morgan fingerprint density at radius 1 is 1.00 bits per heavy atom. The van der Waals surface area contributed by atoms with Gasteiger partial charge in [-0.05, 0) is 88.0 Å². The van der Waals surface area contributed by atoms with Gasteiger partial charge in [-0.15, -0.1) is 11.3 Å². The maximum absolute atomic E-state index is 14.1. The van der Waals surface area contributed by atoms with Gasteiger partial charge in [-0.3, -0.25) is 19.3 Å². The van der Waals surface area contributed by atoms with E-state index in [1.54, 1.807) is 24.1 Å². The minimum Gasteiger partial charge on any atom is -0.324 e. The molecule has 1 aromatic carbocycles. The van der Waals surface area contributed by atoms with E-state index in [2.05, 4.69) is 56.5 Å². The van der Waals surface area contributed by atoms with E-state index < -0.39 is 0 Å². The second-order valence-corrected chi connectivity index (χ2v) is 13.1. The summed E-state index contributed by atoms with van der Waals surface area (Å²) in [5.74, 6) is 1.22. The van der Waals surface area contributed by atoms with Gasteiger partial charge < -0.3 is 10.2 Å². The van der Waals surface area contributed by atoms with E-state index in [1.807, 2.05) is 16.7 Å². The number of pyridine rings is 2. The average molecular weight is 612 g/mol. The summed E-state index contributed by atoms with van der Waals surface area (Å²) in [4.78, 5) is 35.8. The van der Waals surface area contributed by atoms with Gasteiger partial charge in [-0.25, -0.2) is 4.98 Å². The Morgan fingerprint density at radius 2 is 1.79 bits per heavy atom. The lowest BCUT2D eigenvalue weighted by atomic mass is 9.90. The smallest absolute Gasteiger partial charge is 0.261 e. The Hall–Kier alpha value is -3.66. The van der Waals surface area contributed by atoms with Crippen LogP contribution in [0.3, 0.4) is 0 Å². The van der Waals surface area contributed by atoms with Gasteiger partial charge in [0.1, 0.15) is 5.65 Å². The molecule has 1 aliphatic carbocycles. The molecule has 10 heteroatoms. The normalized spacial score (nSPS) is 16.7. The number of halogens is 1. The van der Waals surface area contributed by atoms with E-state index in [0.717, 1.165) is 59.5 Å². The molecule has 1 aliphatic heterocycles. The molecule has 1 N–H and O–H groups in total. The van der Waals surface area contributed by atoms with Crippen molar-refractivity contribution in [2.75, 3.05) is 25.5 Å². The third-order valence-electron chi connectivity index (χ3n) is 8.85. The number of hydrogen-bond acceptors (Lipinski definition) is 8. The Balaban J connectivity index is 1.19. The van der Waals surface area contributed by atoms with E-state index in [9.17, 15) is 4.79 Å². The second kappa shape index (κ2) is 12.1. The number of rotatable bonds is 7. The molecule has 43 heavy (non-hydrogen) atoms. The Kier molecular flexibility index (Phi) is 7.95. The highest BCUT2D eigenvalue weighted by Crippen LogP contribution is 2.34. The van der Waals surface area contributed by atoms with Gasteiger partial charge in [-0.2, -0.15) is 4.98 Å². The molecule has 0 spiro atoms. The van der Waals surface area contributed by atoms with Crippen molar-refractivity contribution in [1.82, 2.24) is 29.4 Å². The van der Waals surface area contributed by atoms with Crippen molar-refractivity contribution in [3.05, 3.63) is 81.4 Å². The third-order valence-corrected chi connectivity index (χ3v) is 9.96. The summed E-state index contributed by atoms with van der Waals surface area (Å²) in [7, 11) is 2.20. The molecular formula is C33H34ClN7OS. The highest BCUT2D eigenvalue weighted by molar-refractivity contribution is 7.13. The average Bonchev–Trinajstić information content (AvgIpc) is 3.75. The summed E-state index contributed by atoms with van der Waals surface area (Å²) < 4.78 is 1.85. The number of nitrogens with one attached hydrogen (secondary N) is 1. The number of benzene rings is 1. The predicted molar refractivity (Wildman–Crippen MR) is 174 cm³/mol. The van der Waals surface area contributed by atoms with Crippen LogP contribution in [-0.2, 0) is 6.42 Å². The molecule has 8 nitrogen and oxygen atoms in total. The largest absolute Gasteiger partial charge is 0.324 e. The van der Waals surface area contributed by atoms with Crippen molar-refractivity contribution in [3.8, 4) is 21.7 Å².